The SMILES string of the molecule is O=C(Cc1ccccc1)c1ccc(-c2ccc3c(c2)C=NC3)cc1OCc1ccccc1. The number of rotatable bonds is 7. The maximum atomic E-state index is 13.2. The summed E-state index contributed by atoms with van der Waals surface area (Å²) in [5.41, 5.74) is 7.16. The molecule has 4 aromatic rings. The Hall–Kier alpha value is -3.98. The van der Waals surface area contributed by atoms with E-state index in [4.69, 9.17) is 4.74 Å². The number of carbonyl (C=O) groups excluding carboxylic acids is 1. The van der Waals surface area contributed by atoms with Gasteiger partial charge in [0.05, 0.1) is 12.1 Å². The summed E-state index contributed by atoms with van der Waals surface area (Å²) in [5.74, 6) is 0.661. The third kappa shape index (κ3) is 4.37. The summed E-state index contributed by atoms with van der Waals surface area (Å²) in [6, 6.07) is 32.1. The molecule has 0 radical (unpaired) electrons. The monoisotopic (exact) mass is 417 g/mol. The first-order valence-electron chi connectivity index (χ1n) is 10.8. The largest absolute Gasteiger partial charge is 0.488 e. The topological polar surface area (TPSA) is 38.7 Å². The summed E-state index contributed by atoms with van der Waals surface area (Å²) in [6.45, 7) is 1.15. The van der Waals surface area contributed by atoms with Crippen LogP contribution in [0.5, 0.6) is 5.75 Å². The van der Waals surface area contributed by atoms with Gasteiger partial charge in [0.25, 0.3) is 0 Å². The fourth-order valence-electron chi connectivity index (χ4n) is 3.94. The average molecular weight is 418 g/mol. The lowest BCUT2D eigenvalue weighted by atomic mass is 9.96. The van der Waals surface area contributed by atoms with Crippen LogP contribution in [0.4, 0.5) is 0 Å². The zero-order chi connectivity index (χ0) is 21.8. The summed E-state index contributed by atoms with van der Waals surface area (Å²) < 4.78 is 6.19. The molecule has 0 saturated carbocycles. The number of hydrogen-bond acceptors (Lipinski definition) is 3. The number of hydrogen-bond donors (Lipinski definition) is 0. The van der Waals surface area contributed by atoms with Crippen molar-refractivity contribution in [1.82, 2.24) is 0 Å². The molecular weight excluding hydrogens is 394 g/mol. The van der Waals surface area contributed by atoms with E-state index >= 15 is 0 Å². The van der Waals surface area contributed by atoms with Crippen LogP contribution >= 0.6 is 0 Å². The highest BCUT2D eigenvalue weighted by Gasteiger charge is 2.16. The number of carbonyl (C=O) groups is 1. The van der Waals surface area contributed by atoms with Gasteiger partial charge in [-0.05, 0) is 51.6 Å². The molecule has 0 saturated heterocycles. The molecule has 32 heavy (non-hydrogen) atoms. The van der Waals surface area contributed by atoms with Crippen molar-refractivity contribution in [3.63, 3.8) is 0 Å². The van der Waals surface area contributed by atoms with Crippen molar-refractivity contribution in [3.8, 4) is 16.9 Å². The summed E-state index contributed by atoms with van der Waals surface area (Å²) in [5, 5.41) is 0. The van der Waals surface area contributed by atoms with Gasteiger partial charge in [0.2, 0.25) is 0 Å². The fraction of sp³-hybridized carbons (Fsp3) is 0.103. The van der Waals surface area contributed by atoms with Gasteiger partial charge in [-0.25, -0.2) is 0 Å². The summed E-state index contributed by atoms with van der Waals surface area (Å²) in [7, 11) is 0. The minimum absolute atomic E-state index is 0.0481. The molecule has 0 aliphatic carbocycles. The van der Waals surface area contributed by atoms with E-state index in [0.717, 1.165) is 34.4 Å². The summed E-state index contributed by atoms with van der Waals surface area (Å²) in [4.78, 5) is 17.5. The lowest BCUT2D eigenvalue weighted by Gasteiger charge is -2.14. The lowest BCUT2D eigenvalue weighted by Crippen LogP contribution is -2.07. The Labute approximate surface area is 188 Å². The molecule has 0 amide bonds. The standard InChI is InChI=1S/C29H23NO2/c31-28(15-21-7-3-1-4-8-21)27-14-13-24(23-11-12-25-18-30-19-26(25)16-23)17-29(27)32-20-22-9-5-2-6-10-22/h1-14,16-17,19H,15,18,20H2. The van der Waals surface area contributed by atoms with E-state index < -0.39 is 0 Å². The number of benzene rings is 4. The van der Waals surface area contributed by atoms with E-state index in [-0.39, 0.29) is 5.78 Å². The molecule has 1 aliphatic heterocycles. The molecule has 0 unspecified atom stereocenters. The van der Waals surface area contributed by atoms with Crippen LogP contribution in [0.2, 0.25) is 0 Å². The van der Waals surface area contributed by atoms with Crippen LogP contribution in [-0.4, -0.2) is 12.0 Å². The van der Waals surface area contributed by atoms with E-state index in [1.807, 2.05) is 85.1 Å². The maximum Gasteiger partial charge on any atom is 0.170 e. The molecule has 4 aromatic carbocycles. The molecule has 5 rings (SSSR count). The van der Waals surface area contributed by atoms with Gasteiger partial charge in [-0.1, -0.05) is 78.9 Å². The quantitative estimate of drug-likeness (QED) is 0.331. The van der Waals surface area contributed by atoms with Crippen LogP contribution in [0.15, 0.2) is 102 Å². The van der Waals surface area contributed by atoms with Gasteiger partial charge >= 0.3 is 0 Å². The Kier molecular flexibility index (Phi) is 5.63. The van der Waals surface area contributed by atoms with E-state index in [2.05, 4.69) is 23.2 Å². The molecular formula is C29H23NO2. The van der Waals surface area contributed by atoms with Crippen molar-refractivity contribution < 1.29 is 9.53 Å². The number of aliphatic imine (C=N–C) groups is 1. The highest BCUT2D eigenvalue weighted by Crippen LogP contribution is 2.31. The lowest BCUT2D eigenvalue weighted by molar-refractivity contribution is 0.0988. The zero-order valence-corrected chi connectivity index (χ0v) is 17.7. The average Bonchev–Trinajstić information content (AvgIpc) is 3.32. The molecule has 0 bridgehead atoms. The molecule has 3 heteroatoms. The van der Waals surface area contributed by atoms with Gasteiger partial charge in [0, 0.05) is 12.6 Å². The van der Waals surface area contributed by atoms with Crippen LogP contribution in [0.3, 0.4) is 0 Å². The first-order valence-corrected chi connectivity index (χ1v) is 10.8. The van der Waals surface area contributed by atoms with Crippen molar-refractivity contribution in [1.29, 1.82) is 0 Å². The molecule has 156 valence electrons. The zero-order valence-electron chi connectivity index (χ0n) is 17.7. The Balaban J connectivity index is 1.47. The first-order chi connectivity index (χ1) is 15.8. The second-order valence-electron chi connectivity index (χ2n) is 7.95. The first kappa shape index (κ1) is 20.0. The smallest absolute Gasteiger partial charge is 0.170 e. The van der Waals surface area contributed by atoms with Crippen molar-refractivity contribution in [2.24, 2.45) is 4.99 Å². The summed E-state index contributed by atoms with van der Waals surface area (Å²) >= 11 is 0. The molecule has 1 heterocycles. The van der Waals surface area contributed by atoms with Crippen molar-refractivity contribution in [3.05, 3.63) is 125 Å². The maximum absolute atomic E-state index is 13.2. The third-order valence-corrected chi connectivity index (χ3v) is 5.70. The van der Waals surface area contributed by atoms with E-state index in [9.17, 15) is 4.79 Å². The van der Waals surface area contributed by atoms with Gasteiger partial charge in [-0.3, -0.25) is 9.79 Å². The Morgan fingerprint density at radius 3 is 2.25 bits per heavy atom. The number of ether oxygens (including phenoxy) is 1. The second kappa shape index (κ2) is 9.03. The minimum atomic E-state index is 0.0481. The third-order valence-electron chi connectivity index (χ3n) is 5.70. The number of Topliss-reactive ketones (excluding diaryl/α,β-unsaturated/α-hetero) is 1. The Bertz CT molecular complexity index is 1280. The Morgan fingerprint density at radius 1 is 0.781 bits per heavy atom. The fourth-order valence-corrected chi connectivity index (χ4v) is 3.94. The van der Waals surface area contributed by atoms with Gasteiger partial charge < -0.3 is 4.74 Å². The normalized spacial score (nSPS) is 11.9. The van der Waals surface area contributed by atoms with E-state index in [0.29, 0.717) is 24.3 Å². The highest BCUT2D eigenvalue weighted by molar-refractivity contribution is 6.00. The predicted molar refractivity (Wildman–Crippen MR) is 128 cm³/mol. The Morgan fingerprint density at radius 2 is 1.47 bits per heavy atom. The predicted octanol–water partition coefficient (Wildman–Crippen LogP) is 6.29. The number of ketones is 1. The van der Waals surface area contributed by atoms with E-state index in [1.54, 1.807) is 0 Å². The summed E-state index contributed by atoms with van der Waals surface area (Å²) in [6.07, 6.45) is 2.26. The molecule has 0 atom stereocenters. The van der Waals surface area contributed by atoms with Crippen LogP contribution in [0.25, 0.3) is 11.1 Å². The van der Waals surface area contributed by atoms with Crippen LogP contribution < -0.4 is 4.74 Å². The van der Waals surface area contributed by atoms with Gasteiger partial charge in [-0.15, -0.1) is 0 Å². The van der Waals surface area contributed by atoms with Crippen LogP contribution in [0, 0.1) is 0 Å². The van der Waals surface area contributed by atoms with Gasteiger partial charge in [0.15, 0.2) is 5.78 Å². The molecule has 0 aromatic heterocycles. The van der Waals surface area contributed by atoms with E-state index in [1.165, 1.54) is 5.56 Å². The van der Waals surface area contributed by atoms with Gasteiger partial charge in [-0.2, -0.15) is 0 Å². The number of fused-ring (bicyclic) bond motifs is 1. The van der Waals surface area contributed by atoms with Crippen LogP contribution in [-0.2, 0) is 19.6 Å². The highest BCUT2D eigenvalue weighted by atomic mass is 16.5. The van der Waals surface area contributed by atoms with Crippen LogP contribution in [0.1, 0.15) is 32.6 Å². The minimum Gasteiger partial charge on any atom is -0.488 e. The molecule has 0 fully saturated rings. The van der Waals surface area contributed by atoms with Crippen molar-refractivity contribution in [2.75, 3.05) is 0 Å². The molecule has 3 nitrogen and oxygen atoms in total. The van der Waals surface area contributed by atoms with Gasteiger partial charge in [0.1, 0.15) is 12.4 Å². The second-order valence-corrected chi connectivity index (χ2v) is 7.95. The van der Waals surface area contributed by atoms with Crippen molar-refractivity contribution >= 4 is 12.0 Å². The number of nitrogens with zero attached hydrogens (tertiary/aromatic N) is 1. The van der Waals surface area contributed by atoms with Crippen molar-refractivity contribution in [2.45, 2.75) is 19.6 Å². The molecule has 1 aliphatic rings. The molecule has 0 N–H and O–H groups in total. The molecule has 0 spiro atoms.